The molecule has 0 aliphatic rings. The van der Waals surface area contributed by atoms with Gasteiger partial charge in [-0.1, -0.05) is 26.0 Å². The maximum atomic E-state index is 13.6. The number of rotatable bonds is 6. The Morgan fingerprint density at radius 2 is 1.91 bits per heavy atom. The van der Waals surface area contributed by atoms with Crippen LogP contribution in [0.3, 0.4) is 0 Å². The van der Waals surface area contributed by atoms with E-state index >= 15 is 0 Å². The van der Waals surface area contributed by atoms with Gasteiger partial charge in [-0.15, -0.1) is 11.3 Å². The highest BCUT2D eigenvalue weighted by atomic mass is 32.1. The SMILES string of the molecule is Cc1cccc(-n2nc(-c3c(C)nc4scc(CC(=O)NC(C)C(C)C)n4c3=O)cc2C)c1. The molecule has 0 fully saturated rings. The van der Waals surface area contributed by atoms with E-state index in [0.717, 1.165) is 16.9 Å². The minimum Gasteiger partial charge on any atom is -0.353 e. The van der Waals surface area contributed by atoms with Crippen LogP contribution in [0.15, 0.2) is 40.5 Å². The number of nitrogens with zero attached hydrogens (tertiary/aromatic N) is 4. The molecule has 4 rings (SSSR count). The van der Waals surface area contributed by atoms with Gasteiger partial charge in [0.2, 0.25) is 5.91 Å². The zero-order valence-corrected chi connectivity index (χ0v) is 20.7. The number of aryl methyl sites for hydroxylation is 3. The van der Waals surface area contributed by atoms with Crippen molar-refractivity contribution in [2.75, 3.05) is 0 Å². The van der Waals surface area contributed by atoms with Crippen LogP contribution < -0.4 is 10.9 Å². The Bertz CT molecular complexity index is 1400. The summed E-state index contributed by atoms with van der Waals surface area (Å²) < 4.78 is 3.39. The van der Waals surface area contributed by atoms with E-state index in [-0.39, 0.29) is 23.9 Å². The van der Waals surface area contributed by atoms with Gasteiger partial charge in [0.25, 0.3) is 5.56 Å². The first kappa shape index (κ1) is 22.9. The van der Waals surface area contributed by atoms with Gasteiger partial charge in [-0.05, 0) is 57.4 Å². The molecule has 4 aromatic rings. The minimum absolute atomic E-state index is 0.0589. The molecule has 1 atom stereocenters. The Morgan fingerprint density at radius 3 is 2.61 bits per heavy atom. The second-order valence-electron chi connectivity index (χ2n) is 8.92. The molecule has 8 heteroatoms. The summed E-state index contributed by atoms with van der Waals surface area (Å²) in [6, 6.07) is 10.0. The highest BCUT2D eigenvalue weighted by Crippen LogP contribution is 2.24. The minimum atomic E-state index is -0.202. The number of hydrogen-bond acceptors (Lipinski definition) is 5. The molecular formula is C25H29N5O2S. The fourth-order valence-corrected chi connectivity index (χ4v) is 4.70. The van der Waals surface area contributed by atoms with E-state index in [9.17, 15) is 9.59 Å². The standard InChI is InChI=1S/C25H29N5O2S/c1-14(2)17(5)26-22(31)12-20-13-33-25-27-18(6)23(24(32)29(20)25)21-11-16(4)30(28-21)19-9-7-8-15(3)10-19/h7-11,13-14,17H,12H2,1-6H3,(H,26,31). The van der Waals surface area contributed by atoms with E-state index < -0.39 is 0 Å². The van der Waals surface area contributed by atoms with Crippen LogP contribution in [0.25, 0.3) is 21.9 Å². The number of carbonyl (C=O) groups excluding carboxylic acids is 1. The third kappa shape index (κ3) is 4.48. The van der Waals surface area contributed by atoms with Gasteiger partial charge in [0.05, 0.1) is 23.4 Å². The Morgan fingerprint density at radius 1 is 1.15 bits per heavy atom. The van der Waals surface area contributed by atoms with Crippen molar-refractivity contribution in [1.29, 1.82) is 0 Å². The Hall–Kier alpha value is -3.26. The molecular weight excluding hydrogens is 434 g/mol. The zero-order chi connectivity index (χ0) is 23.9. The smallest absolute Gasteiger partial charge is 0.268 e. The molecule has 0 bridgehead atoms. The van der Waals surface area contributed by atoms with Gasteiger partial charge in [-0.3, -0.25) is 14.0 Å². The summed E-state index contributed by atoms with van der Waals surface area (Å²) in [6.45, 7) is 11.9. The molecule has 33 heavy (non-hydrogen) atoms. The molecule has 1 aromatic carbocycles. The molecule has 0 aliphatic heterocycles. The molecule has 3 aromatic heterocycles. The van der Waals surface area contributed by atoms with Crippen molar-refractivity contribution in [1.82, 2.24) is 24.5 Å². The highest BCUT2D eigenvalue weighted by Gasteiger charge is 2.20. The number of nitrogens with one attached hydrogen (secondary N) is 1. The first-order chi connectivity index (χ1) is 15.7. The van der Waals surface area contributed by atoms with Gasteiger partial charge in [0.15, 0.2) is 4.96 Å². The van der Waals surface area contributed by atoms with E-state index in [1.807, 2.05) is 62.0 Å². The first-order valence-electron chi connectivity index (χ1n) is 11.1. The lowest BCUT2D eigenvalue weighted by Gasteiger charge is -2.17. The number of hydrogen-bond donors (Lipinski definition) is 1. The molecule has 0 aliphatic carbocycles. The molecule has 172 valence electrons. The number of carbonyl (C=O) groups is 1. The van der Waals surface area contributed by atoms with E-state index in [2.05, 4.69) is 30.2 Å². The summed E-state index contributed by atoms with van der Waals surface area (Å²) in [4.78, 5) is 31.4. The van der Waals surface area contributed by atoms with Crippen molar-refractivity contribution >= 4 is 22.2 Å². The third-order valence-corrected chi connectivity index (χ3v) is 6.82. The van der Waals surface area contributed by atoms with Crippen molar-refractivity contribution in [3.05, 3.63) is 68.7 Å². The monoisotopic (exact) mass is 463 g/mol. The van der Waals surface area contributed by atoms with E-state index in [1.165, 1.54) is 11.3 Å². The van der Waals surface area contributed by atoms with Crippen LogP contribution >= 0.6 is 11.3 Å². The van der Waals surface area contributed by atoms with Crippen molar-refractivity contribution < 1.29 is 4.79 Å². The van der Waals surface area contributed by atoms with Gasteiger partial charge < -0.3 is 5.32 Å². The summed E-state index contributed by atoms with van der Waals surface area (Å²) in [7, 11) is 0. The maximum Gasteiger partial charge on any atom is 0.268 e. The van der Waals surface area contributed by atoms with Gasteiger partial charge in [0, 0.05) is 22.8 Å². The largest absolute Gasteiger partial charge is 0.353 e. The second-order valence-corrected chi connectivity index (χ2v) is 9.76. The topological polar surface area (TPSA) is 81.3 Å². The average molecular weight is 464 g/mol. The van der Waals surface area contributed by atoms with Gasteiger partial charge in [-0.2, -0.15) is 5.10 Å². The van der Waals surface area contributed by atoms with Gasteiger partial charge in [-0.25, -0.2) is 9.67 Å². The number of aromatic nitrogens is 4. The van der Waals surface area contributed by atoms with E-state index in [4.69, 9.17) is 5.10 Å². The average Bonchev–Trinajstić information content (AvgIpc) is 3.31. The number of thiazole rings is 1. The summed E-state index contributed by atoms with van der Waals surface area (Å²) in [5, 5.41) is 9.58. The molecule has 3 heterocycles. The molecule has 0 spiro atoms. The molecule has 0 saturated heterocycles. The normalized spacial score (nSPS) is 12.5. The first-order valence-corrected chi connectivity index (χ1v) is 12.0. The molecule has 1 N–H and O–H groups in total. The Kier molecular flexibility index (Phi) is 6.21. The second kappa shape index (κ2) is 8.94. The Labute approximate surface area is 197 Å². The summed E-state index contributed by atoms with van der Waals surface area (Å²) in [5.41, 5.74) is 5.09. The fraction of sp³-hybridized carbons (Fsp3) is 0.360. The van der Waals surface area contributed by atoms with Crippen LogP contribution in [0, 0.1) is 26.7 Å². The highest BCUT2D eigenvalue weighted by molar-refractivity contribution is 7.15. The molecule has 1 amide bonds. The molecule has 1 unspecified atom stereocenters. The number of amides is 1. The van der Waals surface area contributed by atoms with Gasteiger partial charge >= 0.3 is 0 Å². The summed E-state index contributed by atoms with van der Waals surface area (Å²) >= 11 is 1.37. The lowest BCUT2D eigenvalue weighted by Crippen LogP contribution is -2.37. The van der Waals surface area contributed by atoms with E-state index in [0.29, 0.717) is 33.5 Å². The third-order valence-electron chi connectivity index (χ3n) is 5.94. The van der Waals surface area contributed by atoms with Crippen LogP contribution in [-0.2, 0) is 11.2 Å². The predicted molar refractivity (Wildman–Crippen MR) is 132 cm³/mol. The van der Waals surface area contributed by atoms with Crippen LogP contribution in [0.4, 0.5) is 0 Å². The predicted octanol–water partition coefficient (Wildman–Crippen LogP) is 4.24. The summed E-state index contributed by atoms with van der Waals surface area (Å²) in [6.07, 6.45) is 0.123. The molecule has 0 radical (unpaired) electrons. The fourth-order valence-electron chi connectivity index (χ4n) is 3.78. The van der Waals surface area contributed by atoms with Crippen LogP contribution in [0.5, 0.6) is 0 Å². The Balaban J connectivity index is 1.76. The van der Waals surface area contributed by atoms with Crippen molar-refractivity contribution in [2.24, 2.45) is 5.92 Å². The molecule has 0 saturated carbocycles. The van der Waals surface area contributed by atoms with Gasteiger partial charge in [0.1, 0.15) is 5.69 Å². The van der Waals surface area contributed by atoms with Crippen LogP contribution in [0.1, 0.15) is 43.4 Å². The van der Waals surface area contributed by atoms with Crippen molar-refractivity contribution in [3.63, 3.8) is 0 Å². The quantitative estimate of drug-likeness (QED) is 0.464. The zero-order valence-electron chi connectivity index (χ0n) is 19.8. The molecule has 7 nitrogen and oxygen atoms in total. The van der Waals surface area contributed by atoms with E-state index in [1.54, 1.807) is 4.40 Å². The maximum absolute atomic E-state index is 13.6. The summed E-state index contributed by atoms with van der Waals surface area (Å²) in [5.74, 6) is 0.225. The van der Waals surface area contributed by atoms with Crippen LogP contribution in [0.2, 0.25) is 0 Å². The number of benzene rings is 1. The van der Waals surface area contributed by atoms with Crippen molar-refractivity contribution in [2.45, 2.75) is 54.0 Å². The van der Waals surface area contributed by atoms with Crippen LogP contribution in [-0.4, -0.2) is 31.1 Å². The lowest BCUT2D eigenvalue weighted by molar-refractivity contribution is -0.121. The van der Waals surface area contributed by atoms with Crippen molar-refractivity contribution in [3.8, 4) is 16.9 Å². The lowest BCUT2D eigenvalue weighted by atomic mass is 10.1. The number of fused-ring (bicyclic) bond motifs is 1.